The molecule has 5 rings (SSSR count). The molecule has 0 atom stereocenters. The van der Waals surface area contributed by atoms with E-state index in [0.717, 1.165) is 5.56 Å². The number of nitrogens with one attached hydrogen (secondary N) is 2. The highest BCUT2D eigenvalue weighted by Crippen LogP contribution is 2.28. The fourth-order valence-electron chi connectivity index (χ4n) is 5.12. The molecule has 4 aromatic rings. The molecule has 4 amide bonds. The Morgan fingerprint density at radius 1 is 0.841 bits per heavy atom. The van der Waals surface area contributed by atoms with Crippen molar-refractivity contribution in [3.8, 4) is 0 Å². The first-order chi connectivity index (χ1) is 21.3. The Bertz CT molecular complexity index is 1630. The molecule has 1 fully saturated rings. The van der Waals surface area contributed by atoms with Crippen LogP contribution in [0.5, 0.6) is 0 Å². The molecule has 0 bridgehead atoms. The van der Waals surface area contributed by atoms with Crippen LogP contribution in [0.1, 0.15) is 32.7 Å². The predicted molar refractivity (Wildman–Crippen MR) is 172 cm³/mol. The van der Waals surface area contributed by atoms with E-state index in [4.69, 9.17) is 11.6 Å². The topological polar surface area (TPSA) is 85.0 Å². The summed E-state index contributed by atoms with van der Waals surface area (Å²) in [7, 11) is 1.75. The monoisotopic (exact) mass is 613 g/mol. The zero-order valence-electron chi connectivity index (χ0n) is 24.3. The maximum absolute atomic E-state index is 14.1. The van der Waals surface area contributed by atoms with Gasteiger partial charge in [-0.05, 0) is 66.6 Å². The molecule has 8 nitrogen and oxygen atoms in total. The third kappa shape index (κ3) is 7.54. The van der Waals surface area contributed by atoms with Crippen molar-refractivity contribution in [2.24, 2.45) is 0 Å². The fraction of sp³-hybridized carbons (Fsp3) is 0.206. The summed E-state index contributed by atoms with van der Waals surface area (Å²) in [6.45, 7) is 2.32. The van der Waals surface area contributed by atoms with E-state index in [9.17, 15) is 18.8 Å². The molecule has 0 saturated carbocycles. The van der Waals surface area contributed by atoms with Crippen LogP contribution in [0.15, 0.2) is 97.1 Å². The van der Waals surface area contributed by atoms with Gasteiger partial charge in [-0.25, -0.2) is 9.18 Å². The molecular formula is C34H33ClFN5O3. The van der Waals surface area contributed by atoms with Crippen molar-refractivity contribution in [1.82, 2.24) is 9.80 Å². The first-order valence-corrected chi connectivity index (χ1v) is 14.7. The van der Waals surface area contributed by atoms with Gasteiger partial charge in [0.25, 0.3) is 11.8 Å². The van der Waals surface area contributed by atoms with Crippen molar-refractivity contribution in [3.05, 3.63) is 125 Å². The van der Waals surface area contributed by atoms with Gasteiger partial charge < -0.3 is 25.3 Å². The first kappa shape index (κ1) is 30.6. The maximum Gasteiger partial charge on any atom is 0.321 e. The highest BCUT2D eigenvalue weighted by molar-refractivity contribution is 6.30. The van der Waals surface area contributed by atoms with Crippen molar-refractivity contribution >= 4 is 46.5 Å². The van der Waals surface area contributed by atoms with E-state index in [-0.39, 0.29) is 23.5 Å². The Balaban J connectivity index is 1.37. The Morgan fingerprint density at radius 3 is 2.32 bits per heavy atom. The van der Waals surface area contributed by atoms with Crippen LogP contribution in [0.4, 0.5) is 26.2 Å². The zero-order chi connectivity index (χ0) is 31.1. The summed E-state index contributed by atoms with van der Waals surface area (Å²) in [5.41, 5.74) is 3.17. The molecule has 2 N–H and O–H groups in total. The number of carbonyl (C=O) groups excluding carboxylic acids is 3. The molecule has 1 heterocycles. The fourth-order valence-corrected chi connectivity index (χ4v) is 5.24. The van der Waals surface area contributed by atoms with E-state index < -0.39 is 5.82 Å². The van der Waals surface area contributed by atoms with Crippen LogP contribution < -0.4 is 15.5 Å². The smallest absolute Gasteiger partial charge is 0.321 e. The average Bonchev–Trinajstić information content (AvgIpc) is 3.29. The summed E-state index contributed by atoms with van der Waals surface area (Å²) in [6.07, 6.45) is 0.646. The molecule has 44 heavy (non-hydrogen) atoms. The van der Waals surface area contributed by atoms with Gasteiger partial charge in [0.05, 0.1) is 11.3 Å². The van der Waals surface area contributed by atoms with Crippen molar-refractivity contribution in [2.75, 3.05) is 48.8 Å². The number of halogens is 2. The van der Waals surface area contributed by atoms with Gasteiger partial charge in [0.15, 0.2) is 0 Å². The highest BCUT2D eigenvalue weighted by Gasteiger charge is 2.25. The highest BCUT2D eigenvalue weighted by atomic mass is 35.5. The summed E-state index contributed by atoms with van der Waals surface area (Å²) in [4.78, 5) is 45.2. The number of benzene rings is 4. The van der Waals surface area contributed by atoms with E-state index >= 15 is 0 Å². The van der Waals surface area contributed by atoms with Crippen molar-refractivity contribution in [1.29, 1.82) is 0 Å². The summed E-state index contributed by atoms with van der Waals surface area (Å²) in [5, 5.41) is 6.08. The van der Waals surface area contributed by atoms with Gasteiger partial charge in [-0.1, -0.05) is 54.1 Å². The van der Waals surface area contributed by atoms with Gasteiger partial charge in [0.2, 0.25) is 0 Å². The van der Waals surface area contributed by atoms with E-state index in [1.165, 1.54) is 12.1 Å². The van der Waals surface area contributed by atoms with Gasteiger partial charge in [-0.3, -0.25) is 9.59 Å². The minimum Gasteiger partial charge on any atom is -0.369 e. The Labute approximate surface area is 261 Å². The Kier molecular flexibility index (Phi) is 9.76. The minimum atomic E-state index is -0.497. The standard InChI is InChI=1S/C34H33ClFN5O3/c1-39(23-24-8-3-2-4-9-24)33(43)28-22-27(37-32(42)25-12-14-26(35)15-13-25)16-17-31(28)40-18-7-19-41(21-20-40)34(44)38-30-11-6-5-10-29(30)36/h2-6,8-17,22H,7,18-21,23H2,1H3,(H,37,42)(H,38,44). The van der Waals surface area contributed by atoms with Crippen molar-refractivity contribution in [2.45, 2.75) is 13.0 Å². The SMILES string of the molecule is CN(Cc1ccccc1)C(=O)c1cc(NC(=O)c2ccc(Cl)cc2)ccc1N1CCCN(C(=O)Nc2ccccc2F)CC1. The van der Waals surface area contributed by atoms with Crippen LogP contribution in [0, 0.1) is 5.82 Å². The molecule has 10 heteroatoms. The molecular weight excluding hydrogens is 581 g/mol. The predicted octanol–water partition coefficient (Wildman–Crippen LogP) is 6.75. The summed E-state index contributed by atoms with van der Waals surface area (Å²) >= 11 is 5.97. The lowest BCUT2D eigenvalue weighted by Gasteiger charge is -2.28. The molecule has 226 valence electrons. The van der Waals surface area contributed by atoms with Crippen LogP contribution in [-0.4, -0.2) is 60.9 Å². The largest absolute Gasteiger partial charge is 0.369 e. The van der Waals surface area contributed by atoms with Gasteiger partial charge in [-0.2, -0.15) is 0 Å². The van der Waals surface area contributed by atoms with Crippen LogP contribution in [-0.2, 0) is 6.54 Å². The van der Waals surface area contributed by atoms with Crippen LogP contribution >= 0.6 is 11.6 Å². The third-order valence-electron chi connectivity index (χ3n) is 7.44. The number of carbonyl (C=O) groups is 3. The molecule has 0 spiro atoms. The van der Waals surface area contributed by atoms with Gasteiger partial charge in [-0.15, -0.1) is 0 Å². The molecule has 1 aliphatic heterocycles. The van der Waals surface area contributed by atoms with Crippen LogP contribution in [0.25, 0.3) is 0 Å². The van der Waals surface area contributed by atoms with E-state index in [2.05, 4.69) is 15.5 Å². The maximum atomic E-state index is 14.1. The van der Waals surface area contributed by atoms with Crippen LogP contribution in [0.3, 0.4) is 0 Å². The number of anilines is 3. The summed E-state index contributed by atoms with van der Waals surface area (Å²) in [5.74, 6) is -1.02. The minimum absolute atomic E-state index is 0.129. The quantitative estimate of drug-likeness (QED) is 0.242. The number of hydrogen-bond donors (Lipinski definition) is 2. The van der Waals surface area contributed by atoms with Gasteiger partial charge in [0.1, 0.15) is 5.82 Å². The summed E-state index contributed by atoms with van der Waals surface area (Å²) in [6, 6.07) is 27.2. The molecule has 0 radical (unpaired) electrons. The number of rotatable bonds is 7. The molecule has 0 unspecified atom stereocenters. The lowest BCUT2D eigenvalue weighted by Crippen LogP contribution is -2.38. The van der Waals surface area contributed by atoms with E-state index in [1.54, 1.807) is 65.4 Å². The molecule has 1 saturated heterocycles. The number of urea groups is 1. The lowest BCUT2D eigenvalue weighted by molar-refractivity contribution is 0.0785. The average molecular weight is 614 g/mol. The molecule has 0 aliphatic carbocycles. The van der Waals surface area contributed by atoms with Crippen molar-refractivity contribution < 1.29 is 18.8 Å². The normalized spacial score (nSPS) is 13.2. The lowest BCUT2D eigenvalue weighted by atomic mass is 10.1. The molecule has 4 aromatic carbocycles. The van der Waals surface area contributed by atoms with Crippen LogP contribution in [0.2, 0.25) is 5.02 Å². The second-order valence-electron chi connectivity index (χ2n) is 10.6. The van der Waals surface area contributed by atoms with E-state index in [1.807, 2.05) is 36.4 Å². The van der Waals surface area contributed by atoms with Gasteiger partial charge >= 0.3 is 6.03 Å². The second-order valence-corrected chi connectivity index (χ2v) is 11.0. The summed E-state index contributed by atoms with van der Waals surface area (Å²) < 4.78 is 14.1. The molecule has 0 aromatic heterocycles. The zero-order valence-corrected chi connectivity index (χ0v) is 25.1. The Hall–Kier alpha value is -4.89. The van der Waals surface area contributed by atoms with Crippen molar-refractivity contribution in [3.63, 3.8) is 0 Å². The first-order valence-electron chi connectivity index (χ1n) is 14.3. The number of para-hydroxylation sites is 1. The van der Waals surface area contributed by atoms with Gasteiger partial charge in [0, 0.05) is 61.7 Å². The third-order valence-corrected chi connectivity index (χ3v) is 7.69. The van der Waals surface area contributed by atoms with E-state index in [0.29, 0.717) is 66.7 Å². The number of hydrogen-bond acceptors (Lipinski definition) is 4. The number of nitrogens with zero attached hydrogens (tertiary/aromatic N) is 3. The second kappa shape index (κ2) is 14.1. The number of amides is 4. The molecule has 1 aliphatic rings. The Morgan fingerprint density at radius 2 is 1.57 bits per heavy atom.